The van der Waals surface area contributed by atoms with E-state index in [4.69, 9.17) is 4.74 Å². The van der Waals surface area contributed by atoms with Crippen molar-refractivity contribution < 1.29 is 4.74 Å². The summed E-state index contributed by atoms with van der Waals surface area (Å²) in [6.07, 6.45) is 0. The Labute approximate surface area is 110 Å². The molecular formula is C14H13IO. The van der Waals surface area contributed by atoms with Crippen molar-refractivity contribution >= 4 is 22.6 Å². The second kappa shape index (κ2) is 5.34. The fourth-order valence-electron chi connectivity index (χ4n) is 1.49. The Hall–Kier alpha value is -1.03. The molecule has 0 radical (unpaired) electrons. The lowest BCUT2D eigenvalue weighted by Crippen LogP contribution is -1.97. The van der Waals surface area contributed by atoms with Crippen LogP contribution in [0.15, 0.2) is 48.5 Å². The van der Waals surface area contributed by atoms with Gasteiger partial charge in [0.05, 0.1) is 0 Å². The Bertz CT molecular complexity index is 480. The molecule has 82 valence electrons. The third kappa shape index (κ3) is 2.98. The third-order valence-electron chi connectivity index (χ3n) is 2.45. The summed E-state index contributed by atoms with van der Waals surface area (Å²) in [6, 6.07) is 16.4. The molecule has 1 nitrogen and oxygen atoms in total. The number of ether oxygens (including phenoxy) is 1. The number of hydrogen-bond acceptors (Lipinski definition) is 1. The Balaban J connectivity index is 2.05. The molecule has 2 aromatic carbocycles. The molecule has 0 aliphatic carbocycles. The normalized spacial score (nSPS) is 10.1. The molecule has 2 heteroatoms. The predicted octanol–water partition coefficient (Wildman–Crippen LogP) is 4.18. The van der Waals surface area contributed by atoms with Crippen molar-refractivity contribution in [3.63, 3.8) is 0 Å². The van der Waals surface area contributed by atoms with Crippen molar-refractivity contribution in [1.29, 1.82) is 0 Å². The minimum absolute atomic E-state index is 0.632. The Morgan fingerprint density at radius 2 is 1.88 bits per heavy atom. The van der Waals surface area contributed by atoms with Gasteiger partial charge >= 0.3 is 0 Å². The van der Waals surface area contributed by atoms with Crippen LogP contribution in [0, 0.1) is 10.5 Å². The monoisotopic (exact) mass is 324 g/mol. The van der Waals surface area contributed by atoms with Gasteiger partial charge in [-0.05, 0) is 58.8 Å². The van der Waals surface area contributed by atoms with E-state index >= 15 is 0 Å². The van der Waals surface area contributed by atoms with Crippen molar-refractivity contribution in [2.45, 2.75) is 13.5 Å². The van der Waals surface area contributed by atoms with E-state index in [1.54, 1.807) is 0 Å². The van der Waals surface area contributed by atoms with E-state index in [0.717, 1.165) is 5.75 Å². The van der Waals surface area contributed by atoms with E-state index in [2.05, 4.69) is 47.7 Å². The fraction of sp³-hybridized carbons (Fsp3) is 0.143. The lowest BCUT2D eigenvalue weighted by molar-refractivity contribution is 0.305. The van der Waals surface area contributed by atoms with Crippen molar-refractivity contribution in [1.82, 2.24) is 0 Å². The van der Waals surface area contributed by atoms with Crippen molar-refractivity contribution in [3.8, 4) is 5.75 Å². The molecule has 0 spiro atoms. The van der Waals surface area contributed by atoms with Gasteiger partial charge in [-0.3, -0.25) is 0 Å². The SMILES string of the molecule is Cc1ccccc1COc1cccc(I)c1. The van der Waals surface area contributed by atoms with E-state index in [-0.39, 0.29) is 0 Å². The Morgan fingerprint density at radius 1 is 1.06 bits per heavy atom. The summed E-state index contributed by atoms with van der Waals surface area (Å²) in [4.78, 5) is 0. The van der Waals surface area contributed by atoms with E-state index in [1.807, 2.05) is 30.3 Å². The zero-order valence-corrected chi connectivity index (χ0v) is 11.3. The molecule has 0 aliphatic heterocycles. The minimum atomic E-state index is 0.632. The molecule has 0 aromatic heterocycles. The van der Waals surface area contributed by atoms with E-state index in [0.29, 0.717) is 6.61 Å². The van der Waals surface area contributed by atoms with Gasteiger partial charge in [0, 0.05) is 3.57 Å². The number of rotatable bonds is 3. The Kier molecular flexibility index (Phi) is 3.83. The second-order valence-corrected chi connectivity index (χ2v) is 4.92. The molecule has 0 N–H and O–H groups in total. The van der Waals surface area contributed by atoms with Gasteiger partial charge in [-0.25, -0.2) is 0 Å². The standard InChI is InChI=1S/C14H13IO/c1-11-5-2-3-6-12(11)10-16-14-8-4-7-13(15)9-14/h2-9H,10H2,1H3. The van der Waals surface area contributed by atoms with Gasteiger partial charge in [0.15, 0.2) is 0 Å². The Morgan fingerprint density at radius 3 is 2.62 bits per heavy atom. The number of benzene rings is 2. The highest BCUT2D eigenvalue weighted by Gasteiger charge is 1.99. The number of hydrogen-bond donors (Lipinski definition) is 0. The molecule has 0 unspecified atom stereocenters. The number of aryl methyl sites for hydroxylation is 1. The van der Waals surface area contributed by atoms with Gasteiger partial charge in [-0.1, -0.05) is 30.3 Å². The molecular weight excluding hydrogens is 311 g/mol. The van der Waals surface area contributed by atoms with Crippen LogP contribution in [0.1, 0.15) is 11.1 Å². The summed E-state index contributed by atoms with van der Waals surface area (Å²) in [6.45, 7) is 2.74. The van der Waals surface area contributed by atoms with Gasteiger partial charge in [-0.15, -0.1) is 0 Å². The molecule has 2 rings (SSSR count). The van der Waals surface area contributed by atoms with Crippen LogP contribution in [0.3, 0.4) is 0 Å². The fourth-order valence-corrected chi connectivity index (χ4v) is 2.00. The molecule has 0 saturated heterocycles. The van der Waals surface area contributed by atoms with Crippen LogP contribution in [0.4, 0.5) is 0 Å². The predicted molar refractivity (Wildman–Crippen MR) is 74.7 cm³/mol. The summed E-state index contributed by atoms with van der Waals surface area (Å²) < 4.78 is 6.94. The maximum atomic E-state index is 5.75. The van der Waals surface area contributed by atoms with E-state index in [9.17, 15) is 0 Å². The van der Waals surface area contributed by atoms with Crippen LogP contribution in [0.5, 0.6) is 5.75 Å². The first-order valence-corrected chi connectivity index (χ1v) is 6.26. The maximum Gasteiger partial charge on any atom is 0.120 e. The van der Waals surface area contributed by atoms with Crippen molar-refractivity contribution in [2.24, 2.45) is 0 Å². The van der Waals surface area contributed by atoms with Gasteiger partial charge in [0.25, 0.3) is 0 Å². The van der Waals surface area contributed by atoms with Gasteiger partial charge < -0.3 is 4.74 Å². The first-order chi connectivity index (χ1) is 7.75. The molecule has 0 atom stereocenters. The molecule has 0 fully saturated rings. The summed E-state index contributed by atoms with van der Waals surface area (Å²) >= 11 is 2.29. The smallest absolute Gasteiger partial charge is 0.120 e. The van der Waals surface area contributed by atoms with Gasteiger partial charge in [-0.2, -0.15) is 0 Å². The van der Waals surface area contributed by atoms with Crippen LogP contribution in [-0.4, -0.2) is 0 Å². The van der Waals surface area contributed by atoms with Crippen molar-refractivity contribution in [3.05, 3.63) is 63.2 Å². The molecule has 0 saturated carbocycles. The van der Waals surface area contributed by atoms with Gasteiger partial charge in [0.2, 0.25) is 0 Å². The highest BCUT2D eigenvalue weighted by Crippen LogP contribution is 2.17. The third-order valence-corrected chi connectivity index (χ3v) is 3.12. The molecule has 16 heavy (non-hydrogen) atoms. The highest BCUT2D eigenvalue weighted by molar-refractivity contribution is 14.1. The van der Waals surface area contributed by atoms with Crippen LogP contribution >= 0.6 is 22.6 Å². The van der Waals surface area contributed by atoms with Gasteiger partial charge in [0.1, 0.15) is 12.4 Å². The summed E-state index contributed by atoms with van der Waals surface area (Å²) in [7, 11) is 0. The molecule has 0 bridgehead atoms. The quantitative estimate of drug-likeness (QED) is 0.770. The van der Waals surface area contributed by atoms with Crippen LogP contribution < -0.4 is 4.74 Å². The van der Waals surface area contributed by atoms with Crippen molar-refractivity contribution in [2.75, 3.05) is 0 Å². The van der Waals surface area contributed by atoms with Crippen LogP contribution in [0.25, 0.3) is 0 Å². The average Bonchev–Trinajstić information content (AvgIpc) is 2.28. The zero-order chi connectivity index (χ0) is 11.4. The molecule has 0 heterocycles. The van der Waals surface area contributed by atoms with Crippen LogP contribution in [-0.2, 0) is 6.61 Å². The number of halogens is 1. The lowest BCUT2D eigenvalue weighted by atomic mass is 10.1. The molecule has 2 aromatic rings. The van der Waals surface area contributed by atoms with E-state index < -0.39 is 0 Å². The summed E-state index contributed by atoms with van der Waals surface area (Å²) in [5, 5.41) is 0. The summed E-state index contributed by atoms with van der Waals surface area (Å²) in [5.41, 5.74) is 2.51. The second-order valence-electron chi connectivity index (χ2n) is 3.67. The summed E-state index contributed by atoms with van der Waals surface area (Å²) in [5.74, 6) is 0.926. The topological polar surface area (TPSA) is 9.23 Å². The maximum absolute atomic E-state index is 5.75. The molecule has 0 aliphatic rings. The highest BCUT2D eigenvalue weighted by atomic mass is 127. The van der Waals surface area contributed by atoms with Crippen LogP contribution in [0.2, 0.25) is 0 Å². The minimum Gasteiger partial charge on any atom is -0.489 e. The zero-order valence-electron chi connectivity index (χ0n) is 9.11. The first kappa shape index (κ1) is 11.5. The van der Waals surface area contributed by atoms with E-state index in [1.165, 1.54) is 14.7 Å². The first-order valence-electron chi connectivity index (χ1n) is 5.18. The lowest BCUT2D eigenvalue weighted by Gasteiger charge is -2.08. The average molecular weight is 324 g/mol. The molecule has 0 amide bonds. The largest absolute Gasteiger partial charge is 0.489 e.